The number of aryl methyl sites for hydroxylation is 1. The molecule has 0 unspecified atom stereocenters. The molecule has 2 aromatic rings. The molecule has 0 aliphatic carbocycles. The van der Waals surface area contributed by atoms with Gasteiger partial charge < -0.3 is 14.4 Å². The summed E-state index contributed by atoms with van der Waals surface area (Å²) < 4.78 is 5.21. The van der Waals surface area contributed by atoms with Crippen molar-refractivity contribution in [3.8, 4) is 0 Å². The van der Waals surface area contributed by atoms with Crippen molar-refractivity contribution in [1.82, 2.24) is 4.90 Å². The van der Waals surface area contributed by atoms with Crippen LogP contribution < -0.4 is 0 Å². The molecule has 1 N–H and O–H groups in total. The van der Waals surface area contributed by atoms with Crippen molar-refractivity contribution in [2.45, 2.75) is 31.8 Å². The Labute approximate surface area is 128 Å². The summed E-state index contributed by atoms with van der Waals surface area (Å²) in [4.78, 5) is 25.4. The molecule has 1 atom stereocenters. The smallest absolute Gasteiger partial charge is 0.326 e. The Morgan fingerprint density at radius 1 is 1.18 bits per heavy atom. The summed E-state index contributed by atoms with van der Waals surface area (Å²) in [5.41, 5.74) is 2.02. The van der Waals surface area contributed by atoms with E-state index in [9.17, 15) is 14.7 Å². The largest absolute Gasteiger partial charge is 0.480 e. The number of amides is 1. The number of aliphatic carboxylic acids is 1. The molecule has 0 spiro atoms. The molecule has 1 aromatic heterocycles. The first kappa shape index (κ1) is 14.4. The van der Waals surface area contributed by atoms with Gasteiger partial charge in [0.2, 0.25) is 5.91 Å². The monoisotopic (exact) mass is 299 g/mol. The van der Waals surface area contributed by atoms with Gasteiger partial charge in [-0.15, -0.1) is 0 Å². The van der Waals surface area contributed by atoms with Crippen LogP contribution in [-0.4, -0.2) is 27.9 Å². The maximum Gasteiger partial charge on any atom is 0.326 e. The molecule has 0 saturated carbocycles. The van der Waals surface area contributed by atoms with Crippen molar-refractivity contribution in [3.05, 3.63) is 59.5 Å². The van der Waals surface area contributed by atoms with E-state index in [1.807, 2.05) is 30.3 Å². The van der Waals surface area contributed by atoms with Gasteiger partial charge in [-0.25, -0.2) is 4.79 Å². The molecular weight excluding hydrogens is 282 g/mol. The Hall–Kier alpha value is -2.56. The van der Waals surface area contributed by atoms with Crippen LogP contribution in [0.1, 0.15) is 23.3 Å². The van der Waals surface area contributed by atoms with E-state index in [0.29, 0.717) is 19.4 Å². The van der Waals surface area contributed by atoms with Gasteiger partial charge in [-0.3, -0.25) is 4.79 Å². The SMILES string of the molecule is O=C(O)[C@H]1Cc2ccccc2CN1C(=O)CCc1ccco1. The van der Waals surface area contributed by atoms with Gasteiger partial charge in [0.25, 0.3) is 0 Å². The first-order chi connectivity index (χ1) is 10.6. The molecule has 5 nitrogen and oxygen atoms in total. The van der Waals surface area contributed by atoms with E-state index < -0.39 is 12.0 Å². The zero-order valence-electron chi connectivity index (χ0n) is 12.1. The molecular formula is C17H17NO4. The highest BCUT2D eigenvalue weighted by Gasteiger charge is 2.34. The third-order valence-electron chi connectivity index (χ3n) is 4.02. The zero-order valence-corrected chi connectivity index (χ0v) is 12.1. The van der Waals surface area contributed by atoms with Crippen LogP contribution in [0.3, 0.4) is 0 Å². The molecule has 2 heterocycles. The van der Waals surface area contributed by atoms with E-state index in [4.69, 9.17) is 4.42 Å². The minimum atomic E-state index is -0.958. The fourth-order valence-electron chi connectivity index (χ4n) is 2.83. The Morgan fingerprint density at radius 3 is 2.64 bits per heavy atom. The lowest BCUT2D eigenvalue weighted by Crippen LogP contribution is -2.48. The topological polar surface area (TPSA) is 70.8 Å². The molecule has 0 fully saturated rings. The van der Waals surface area contributed by atoms with Crippen molar-refractivity contribution in [1.29, 1.82) is 0 Å². The summed E-state index contributed by atoms with van der Waals surface area (Å²) in [5.74, 6) is -0.378. The fraction of sp³-hybridized carbons (Fsp3) is 0.294. The number of hydrogen-bond acceptors (Lipinski definition) is 3. The van der Waals surface area contributed by atoms with E-state index in [0.717, 1.165) is 16.9 Å². The third kappa shape index (κ3) is 2.88. The fourth-order valence-corrected chi connectivity index (χ4v) is 2.83. The second-order valence-corrected chi connectivity index (χ2v) is 5.43. The van der Waals surface area contributed by atoms with E-state index >= 15 is 0 Å². The van der Waals surface area contributed by atoms with Crippen molar-refractivity contribution >= 4 is 11.9 Å². The average molecular weight is 299 g/mol. The Bertz CT molecular complexity index is 678. The standard InChI is InChI=1S/C17H17NO4/c19-16(8-7-14-6-3-9-22-14)18-11-13-5-2-1-4-12(13)10-15(18)17(20)21/h1-6,9,15H,7-8,10-11H2,(H,20,21)/t15-/m1/s1. The van der Waals surface area contributed by atoms with Crippen LogP contribution in [-0.2, 0) is 29.0 Å². The first-order valence-corrected chi connectivity index (χ1v) is 7.26. The molecule has 1 aromatic carbocycles. The molecule has 0 bridgehead atoms. The lowest BCUT2D eigenvalue weighted by Gasteiger charge is -2.34. The number of hydrogen-bond donors (Lipinski definition) is 1. The van der Waals surface area contributed by atoms with Gasteiger partial charge in [0.15, 0.2) is 0 Å². The number of carbonyl (C=O) groups is 2. The second-order valence-electron chi connectivity index (χ2n) is 5.43. The third-order valence-corrected chi connectivity index (χ3v) is 4.02. The highest BCUT2D eigenvalue weighted by Crippen LogP contribution is 2.24. The number of carboxylic acid groups (broad SMARTS) is 1. The summed E-state index contributed by atoms with van der Waals surface area (Å²) in [7, 11) is 0. The van der Waals surface area contributed by atoms with Crippen molar-refractivity contribution in [3.63, 3.8) is 0 Å². The molecule has 0 radical (unpaired) electrons. The number of carboxylic acids is 1. The molecule has 1 amide bonds. The maximum absolute atomic E-state index is 12.4. The minimum absolute atomic E-state index is 0.154. The minimum Gasteiger partial charge on any atom is -0.480 e. The molecule has 22 heavy (non-hydrogen) atoms. The number of fused-ring (bicyclic) bond motifs is 1. The maximum atomic E-state index is 12.4. The first-order valence-electron chi connectivity index (χ1n) is 7.26. The van der Waals surface area contributed by atoms with E-state index in [1.165, 1.54) is 4.90 Å². The van der Waals surface area contributed by atoms with Gasteiger partial charge >= 0.3 is 5.97 Å². The normalized spacial score (nSPS) is 17.1. The molecule has 1 aliphatic rings. The van der Waals surface area contributed by atoms with Crippen LogP contribution in [0.15, 0.2) is 47.1 Å². The molecule has 1 aliphatic heterocycles. The average Bonchev–Trinajstić information content (AvgIpc) is 3.04. The van der Waals surface area contributed by atoms with Crippen LogP contribution in [0.5, 0.6) is 0 Å². The van der Waals surface area contributed by atoms with Crippen LogP contribution in [0, 0.1) is 0 Å². The predicted octanol–water partition coefficient (Wildman–Crippen LogP) is 2.25. The Kier molecular flexibility index (Phi) is 3.96. The highest BCUT2D eigenvalue weighted by molar-refractivity contribution is 5.84. The zero-order chi connectivity index (χ0) is 15.5. The molecule has 3 rings (SSSR count). The number of benzene rings is 1. The molecule has 114 valence electrons. The molecule has 0 saturated heterocycles. The number of furan rings is 1. The van der Waals surface area contributed by atoms with Gasteiger partial charge in [-0.1, -0.05) is 24.3 Å². The van der Waals surface area contributed by atoms with Crippen LogP contribution in [0.2, 0.25) is 0 Å². The summed E-state index contributed by atoms with van der Waals surface area (Å²) in [6.45, 7) is 0.351. The predicted molar refractivity (Wildman–Crippen MR) is 79.1 cm³/mol. The molecule has 5 heteroatoms. The van der Waals surface area contributed by atoms with Crippen LogP contribution >= 0.6 is 0 Å². The van der Waals surface area contributed by atoms with Crippen molar-refractivity contribution < 1.29 is 19.1 Å². The highest BCUT2D eigenvalue weighted by atomic mass is 16.4. The number of carbonyl (C=O) groups excluding carboxylic acids is 1. The summed E-state index contributed by atoms with van der Waals surface area (Å²) in [6.07, 6.45) is 2.66. The van der Waals surface area contributed by atoms with Gasteiger partial charge in [0.1, 0.15) is 11.8 Å². The van der Waals surface area contributed by atoms with Crippen LogP contribution in [0.25, 0.3) is 0 Å². The van der Waals surface area contributed by atoms with Crippen LogP contribution in [0.4, 0.5) is 0 Å². The summed E-state index contributed by atoms with van der Waals surface area (Å²) in [5, 5.41) is 9.42. The lowest BCUT2D eigenvalue weighted by atomic mass is 9.93. The van der Waals surface area contributed by atoms with E-state index in [1.54, 1.807) is 12.3 Å². The quantitative estimate of drug-likeness (QED) is 0.940. The van der Waals surface area contributed by atoms with Gasteiger partial charge in [0.05, 0.1) is 6.26 Å². The van der Waals surface area contributed by atoms with Gasteiger partial charge in [-0.05, 0) is 23.3 Å². The Balaban J connectivity index is 1.75. The second kappa shape index (κ2) is 6.05. The Morgan fingerprint density at radius 2 is 1.95 bits per heavy atom. The van der Waals surface area contributed by atoms with E-state index in [2.05, 4.69) is 0 Å². The van der Waals surface area contributed by atoms with Gasteiger partial charge in [-0.2, -0.15) is 0 Å². The number of nitrogens with zero attached hydrogens (tertiary/aromatic N) is 1. The number of rotatable bonds is 4. The summed E-state index contributed by atoms with van der Waals surface area (Å²) >= 11 is 0. The van der Waals surface area contributed by atoms with Gasteiger partial charge in [0, 0.05) is 25.8 Å². The van der Waals surface area contributed by atoms with Crippen molar-refractivity contribution in [2.24, 2.45) is 0 Å². The summed E-state index contributed by atoms with van der Waals surface area (Å²) in [6, 6.07) is 10.5. The van der Waals surface area contributed by atoms with E-state index in [-0.39, 0.29) is 12.3 Å². The lowest BCUT2D eigenvalue weighted by molar-refractivity contribution is -0.151. The van der Waals surface area contributed by atoms with Crippen molar-refractivity contribution in [2.75, 3.05) is 0 Å².